The average molecular weight is 395 g/mol. The molecule has 0 N–H and O–H groups in total. The Labute approximate surface area is 157 Å². The van der Waals surface area contributed by atoms with Gasteiger partial charge < -0.3 is 0 Å². The fraction of sp³-hybridized carbons (Fsp3) is 0.600. The average Bonchev–Trinajstić information content (AvgIpc) is 2.98. The van der Waals surface area contributed by atoms with E-state index in [2.05, 4.69) is 55.4 Å². The second-order valence-corrected chi connectivity index (χ2v) is 18.4. The minimum Gasteiger partial charge on any atom is -0.0879 e. The van der Waals surface area contributed by atoms with E-state index in [4.69, 9.17) is 23.6 Å². The van der Waals surface area contributed by atoms with Crippen molar-refractivity contribution in [2.24, 2.45) is 10.8 Å². The normalized spacial score (nSPS) is 47.2. The molecule has 0 aromatic carbocycles. The van der Waals surface area contributed by atoms with Crippen molar-refractivity contribution in [1.29, 1.82) is 0 Å². The molecule has 0 nitrogen and oxygen atoms in total. The van der Waals surface area contributed by atoms with Gasteiger partial charge in [-0.3, -0.25) is 0 Å². The standard InChI is InChI=1S/C20H28P2S2/c1-11-15(5)21(23)9-19(11,7)13(3)17(21)18-14(4)20(8)10-22(18,24)16(6)12(20)2/h9-10H2,1-8H3/t19-,20-,21-,22-/m1/s1. The summed E-state index contributed by atoms with van der Waals surface area (Å²) in [6, 6.07) is -3.24. The van der Waals surface area contributed by atoms with E-state index in [9.17, 15) is 0 Å². The van der Waals surface area contributed by atoms with Crippen molar-refractivity contribution >= 4 is 35.7 Å². The molecule has 0 amide bonds. The zero-order chi connectivity index (χ0) is 18.0. The van der Waals surface area contributed by atoms with Gasteiger partial charge in [0.2, 0.25) is 0 Å². The monoisotopic (exact) mass is 394 g/mol. The van der Waals surface area contributed by atoms with Crippen LogP contribution in [0, 0.1) is 10.8 Å². The summed E-state index contributed by atoms with van der Waals surface area (Å²) in [6.07, 6.45) is 2.36. The molecule has 4 aliphatic heterocycles. The first-order valence-electron chi connectivity index (χ1n) is 8.85. The van der Waals surface area contributed by atoms with E-state index >= 15 is 0 Å². The van der Waals surface area contributed by atoms with Crippen molar-refractivity contribution in [2.75, 3.05) is 12.3 Å². The van der Waals surface area contributed by atoms with Crippen LogP contribution in [0.25, 0.3) is 0 Å². The van der Waals surface area contributed by atoms with Gasteiger partial charge in [-0.25, -0.2) is 0 Å². The summed E-state index contributed by atoms with van der Waals surface area (Å²) in [5, 5.41) is 6.24. The van der Waals surface area contributed by atoms with E-state index in [1.807, 2.05) is 0 Å². The Hall–Kier alpha value is 0.260. The lowest BCUT2D eigenvalue weighted by molar-refractivity contribution is 0.557. The topological polar surface area (TPSA) is 0 Å². The van der Waals surface area contributed by atoms with Gasteiger partial charge in [0.05, 0.1) is 0 Å². The van der Waals surface area contributed by atoms with Crippen LogP contribution >= 0.6 is 12.1 Å². The Kier molecular flexibility index (Phi) is 3.36. The van der Waals surface area contributed by atoms with E-state index in [0.717, 1.165) is 0 Å². The first kappa shape index (κ1) is 17.7. The minimum atomic E-state index is -1.62. The van der Waals surface area contributed by atoms with Crippen LogP contribution in [-0.4, -0.2) is 12.3 Å². The number of fused-ring (bicyclic) bond motifs is 4. The molecule has 4 rings (SSSR count). The zero-order valence-corrected chi connectivity index (χ0v) is 19.5. The Morgan fingerprint density at radius 3 is 1.17 bits per heavy atom. The maximum absolute atomic E-state index is 6.46. The maximum Gasteiger partial charge on any atom is 0.0155 e. The van der Waals surface area contributed by atoms with Gasteiger partial charge in [-0.2, -0.15) is 0 Å². The lowest BCUT2D eigenvalue weighted by Crippen LogP contribution is -2.19. The number of allylic oxidation sites excluding steroid dienone is 8. The fourth-order valence-corrected chi connectivity index (χ4v) is 19.3. The molecule has 4 bridgehead atoms. The van der Waals surface area contributed by atoms with E-state index < -0.39 is 12.1 Å². The van der Waals surface area contributed by atoms with Crippen molar-refractivity contribution in [3.8, 4) is 0 Å². The van der Waals surface area contributed by atoms with Crippen molar-refractivity contribution < 1.29 is 0 Å². The number of hydrogen-bond donors (Lipinski definition) is 0. The van der Waals surface area contributed by atoms with Crippen LogP contribution < -0.4 is 0 Å². The Bertz CT molecular complexity index is 878. The predicted molar refractivity (Wildman–Crippen MR) is 117 cm³/mol. The SMILES string of the molecule is CC1=C(C)[P@]2(=S)C[C@@]1(C)C(C)=C2C1=C(C)[C@]2(C)C[P@@]1(=S)C(C)=C2C. The maximum atomic E-state index is 6.46. The Morgan fingerprint density at radius 2 is 0.917 bits per heavy atom. The summed E-state index contributed by atoms with van der Waals surface area (Å²) in [7, 11) is 0. The van der Waals surface area contributed by atoms with Gasteiger partial charge in [0.15, 0.2) is 0 Å². The van der Waals surface area contributed by atoms with Gasteiger partial charge >= 0.3 is 0 Å². The third-order valence-corrected chi connectivity index (χ3v) is 19.5. The van der Waals surface area contributed by atoms with Gasteiger partial charge in [0.25, 0.3) is 0 Å². The molecule has 0 saturated carbocycles. The molecular weight excluding hydrogens is 366 g/mol. The van der Waals surface area contributed by atoms with Crippen LogP contribution in [0.2, 0.25) is 0 Å². The first-order valence-corrected chi connectivity index (χ1v) is 14.8. The second-order valence-electron chi connectivity index (χ2n) is 8.83. The molecule has 0 saturated heterocycles. The quantitative estimate of drug-likeness (QED) is 0.433. The lowest BCUT2D eigenvalue weighted by atomic mass is 9.76. The van der Waals surface area contributed by atoms with Crippen LogP contribution in [0.1, 0.15) is 55.4 Å². The van der Waals surface area contributed by atoms with Crippen LogP contribution in [-0.2, 0) is 23.6 Å². The highest BCUT2D eigenvalue weighted by Crippen LogP contribution is 2.88. The third kappa shape index (κ3) is 1.56. The third-order valence-electron chi connectivity index (χ3n) is 8.21. The first-order chi connectivity index (χ1) is 10.9. The highest BCUT2D eigenvalue weighted by Gasteiger charge is 2.59. The van der Waals surface area contributed by atoms with Crippen LogP contribution in [0.4, 0.5) is 0 Å². The molecule has 24 heavy (non-hydrogen) atoms. The van der Waals surface area contributed by atoms with E-state index in [1.165, 1.54) is 23.0 Å². The molecule has 0 aromatic rings. The van der Waals surface area contributed by atoms with Crippen LogP contribution in [0.15, 0.2) is 43.5 Å². The largest absolute Gasteiger partial charge is 0.0879 e. The summed E-state index contributed by atoms with van der Waals surface area (Å²) < 4.78 is 0. The Balaban J connectivity index is 2.05. The highest BCUT2D eigenvalue weighted by molar-refractivity contribution is 8.22. The summed E-state index contributed by atoms with van der Waals surface area (Å²) in [5.74, 6) is 0. The molecule has 0 aromatic heterocycles. The van der Waals surface area contributed by atoms with Gasteiger partial charge in [-0.05, 0) is 75.1 Å². The summed E-state index contributed by atoms with van der Waals surface area (Å²) in [4.78, 5) is 0. The second kappa shape index (κ2) is 4.56. The molecular formula is C20H28P2S2. The van der Waals surface area contributed by atoms with Crippen molar-refractivity contribution in [3.63, 3.8) is 0 Å². The van der Waals surface area contributed by atoms with Crippen molar-refractivity contribution in [2.45, 2.75) is 55.4 Å². The molecule has 0 fully saturated rings. The molecule has 0 spiro atoms. The highest BCUT2D eigenvalue weighted by atomic mass is 32.4. The fourth-order valence-electron chi connectivity index (χ4n) is 5.76. The van der Waals surface area contributed by atoms with Gasteiger partial charge in [0.1, 0.15) is 0 Å². The number of rotatable bonds is 1. The molecule has 0 aliphatic carbocycles. The zero-order valence-electron chi connectivity index (χ0n) is 16.1. The molecule has 130 valence electrons. The van der Waals surface area contributed by atoms with E-state index in [0.29, 0.717) is 0 Å². The molecule has 4 heterocycles. The summed E-state index contributed by atoms with van der Waals surface area (Å²) in [5.41, 5.74) is 6.64. The van der Waals surface area contributed by atoms with Crippen molar-refractivity contribution in [1.82, 2.24) is 0 Å². The van der Waals surface area contributed by atoms with Gasteiger partial charge in [0, 0.05) is 22.9 Å². The smallest absolute Gasteiger partial charge is 0.0155 e. The summed E-state index contributed by atoms with van der Waals surface area (Å²) >= 11 is 12.9. The van der Waals surface area contributed by atoms with E-state index in [-0.39, 0.29) is 10.8 Å². The minimum absolute atomic E-state index is 0.202. The molecule has 0 radical (unpaired) electrons. The van der Waals surface area contributed by atoms with Gasteiger partial charge in [-0.1, -0.05) is 59.8 Å². The van der Waals surface area contributed by atoms with Crippen LogP contribution in [0.5, 0.6) is 0 Å². The van der Waals surface area contributed by atoms with Gasteiger partial charge in [-0.15, -0.1) is 0 Å². The lowest BCUT2D eigenvalue weighted by Gasteiger charge is -2.34. The van der Waals surface area contributed by atoms with Crippen molar-refractivity contribution in [3.05, 3.63) is 43.5 Å². The number of hydrogen-bond acceptors (Lipinski definition) is 2. The van der Waals surface area contributed by atoms with E-state index in [1.54, 1.807) is 32.9 Å². The predicted octanol–water partition coefficient (Wildman–Crippen LogP) is 7.15. The molecule has 4 atom stereocenters. The Morgan fingerprint density at radius 1 is 0.625 bits per heavy atom. The molecule has 0 unspecified atom stereocenters. The molecule has 4 aliphatic rings. The summed E-state index contributed by atoms with van der Waals surface area (Å²) in [6.45, 7) is 18.9. The molecule has 4 heteroatoms. The van der Waals surface area contributed by atoms with Crippen LogP contribution in [0.3, 0.4) is 0 Å².